The number of hydrogen-bond acceptors (Lipinski definition) is 3. The van der Waals surface area contributed by atoms with Gasteiger partial charge in [0.2, 0.25) is 0 Å². The van der Waals surface area contributed by atoms with E-state index in [1.807, 2.05) is 0 Å². The molecule has 0 radical (unpaired) electrons. The fraction of sp³-hybridized carbons (Fsp3) is 1.00. The summed E-state index contributed by atoms with van der Waals surface area (Å²) in [4.78, 5) is 0. The minimum absolute atomic E-state index is 0.698. The molecule has 6 heteroatoms. The predicted molar refractivity (Wildman–Crippen MR) is 193 cm³/mol. The highest BCUT2D eigenvalue weighted by atomic mass is 28.5. The van der Waals surface area contributed by atoms with Crippen LogP contribution in [-0.2, 0) is 12.7 Å². The van der Waals surface area contributed by atoms with Gasteiger partial charge in [-0.05, 0) is 69.0 Å². The first-order valence-corrected chi connectivity index (χ1v) is 27.1. The molecule has 3 nitrogen and oxygen atoms in total. The first-order chi connectivity index (χ1) is 21.6. The van der Waals surface area contributed by atoms with Crippen molar-refractivity contribution in [2.45, 2.75) is 232 Å². The molecule has 0 saturated heterocycles. The monoisotopic (exact) mass is 660 g/mol. The molecule has 0 N–H and O–H groups in total. The van der Waals surface area contributed by atoms with Gasteiger partial charge in [0, 0.05) is 29.3 Å². The zero-order chi connectivity index (χ0) is 30.3. The third-order valence-electron chi connectivity index (χ3n) is 14.5. The largest absolute Gasteiger partial charge is 0.435 e. The van der Waals surface area contributed by atoms with Crippen molar-refractivity contribution in [3.8, 4) is 0 Å². The van der Waals surface area contributed by atoms with Gasteiger partial charge in [0.05, 0.1) is 0 Å². The summed E-state index contributed by atoms with van der Waals surface area (Å²) in [6, 6.07) is 0. The molecular weight excluding hydrogens is 589 g/mol. The van der Waals surface area contributed by atoms with Gasteiger partial charge in [-0.25, -0.2) is 0 Å². The number of hydrogen-bond donors (Lipinski definition) is 0. The highest BCUT2D eigenvalue weighted by molar-refractivity contribution is 6.91. The summed E-state index contributed by atoms with van der Waals surface area (Å²) in [6.45, 7) is 2.83. The Hall–Kier alpha value is 0.531. The average molecular weight is 661 g/mol. The van der Waals surface area contributed by atoms with Crippen LogP contribution in [-0.4, -0.2) is 32.5 Å². The van der Waals surface area contributed by atoms with Crippen LogP contribution < -0.4 is 0 Å². The van der Waals surface area contributed by atoms with E-state index in [1.165, 1.54) is 193 Å². The van der Waals surface area contributed by atoms with Gasteiger partial charge >= 0.3 is 17.1 Å². The maximum atomic E-state index is 8.73. The minimum atomic E-state index is -2.62. The third-order valence-corrected chi connectivity index (χ3v) is 32.0. The van der Waals surface area contributed by atoms with E-state index >= 15 is 0 Å². The summed E-state index contributed by atoms with van der Waals surface area (Å²) in [5.41, 5.74) is 4.56. The zero-order valence-electron chi connectivity index (χ0n) is 29.4. The smallest absolute Gasteiger partial charge is 0.335 e. The van der Waals surface area contributed by atoms with Crippen LogP contribution >= 0.6 is 0 Å². The van der Waals surface area contributed by atoms with Gasteiger partial charge in [-0.2, -0.15) is 0 Å². The summed E-state index contributed by atoms with van der Waals surface area (Å²) in [5.74, 6) is 0. The van der Waals surface area contributed by atoms with Crippen molar-refractivity contribution in [1.82, 2.24) is 0 Å². The van der Waals surface area contributed by atoms with Crippen LogP contribution in [0.25, 0.3) is 0 Å². The van der Waals surface area contributed by atoms with Crippen LogP contribution in [0.2, 0.25) is 39.8 Å². The first kappa shape index (κ1) is 34.4. The maximum absolute atomic E-state index is 8.73. The lowest BCUT2D eigenvalue weighted by Gasteiger charge is -2.58. The molecule has 0 aliphatic heterocycles. The molecule has 44 heavy (non-hydrogen) atoms. The van der Waals surface area contributed by atoms with Crippen LogP contribution in [0.3, 0.4) is 0 Å². The first-order valence-electron chi connectivity index (χ1n) is 20.6. The van der Waals surface area contributed by atoms with Gasteiger partial charge in [0.1, 0.15) is 0 Å². The number of rotatable bonds is 11. The summed E-state index contributed by atoms with van der Waals surface area (Å²) in [6.07, 6.45) is 42.6. The molecule has 0 aromatic rings. The van der Waals surface area contributed by atoms with Crippen LogP contribution in [0.1, 0.15) is 193 Å². The molecule has 0 amide bonds. The van der Waals surface area contributed by atoms with E-state index in [4.69, 9.17) is 12.7 Å². The lowest BCUT2D eigenvalue weighted by atomic mass is 9.99. The molecule has 0 aromatic carbocycles. The Kier molecular flexibility index (Phi) is 12.7. The molecule has 6 aliphatic carbocycles. The van der Waals surface area contributed by atoms with Gasteiger partial charge in [0.25, 0.3) is 0 Å². The van der Waals surface area contributed by atoms with Crippen molar-refractivity contribution in [3.05, 3.63) is 0 Å². The highest BCUT2D eigenvalue weighted by Crippen LogP contribution is 2.60. The Balaban J connectivity index is 1.47. The van der Waals surface area contributed by atoms with E-state index < -0.39 is 25.4 Å². The van der Waals surface area contributed by atoms with Gasteiger partial charge in [-0.15, -0.1) is 0 Å². The van der Waals surface area contributed by atoms with Crippen molar-refractivity contribution in [2.75, 3.05) is 7.11 Å². The van der Waals surface area contributed by atoms with E-state index in [9.17, 15) is 0 Å². The fourth-order valence-electron chi connectivity index (χ4n) is 12.0. The predicted octanol–water partition coefficient (Wildman–Crippen LogP) is 13.1. The van der Waals surface area contributed by atoms with E-state index in [1.54, 1.807) is 0 Å². The Labute approximate surface area is 276 Å². The lowest BCUT2D eigenvalue weighted by molar-refractivity contribution is 0.186. The maximum Gasteiger partial charge on any atom is 0.335 e. The van der Waals surface area contributed by atoms with Crippen LogP contribution in [0.5, 0.6) is 0 Å². The second-order valence-corrected chi connectivity index (χ2v) is 29.2. The van der Waals surface area contributed by atoms with Crippen LogP contribution in [0, 0.1) is 0 Å². The van der Waals surface area contributed by atoms with E-state index in [-0.39, 0.29) is 0 Å². The summed E-state index contributed by atoms with van der Waals surface area (Å²) in [5, 5.41) is 0. The normalized spacial score (nSPS) is 28.0. The highest BCUT2D eigenvalue weighted by Gasteiger charge is 2.65. The van der Waals surface area contributed by atoms with Crippen LogP contribution in [0.4, 0.5) is 0 Å². The summed E-state index contributed by atoms with van der Waals surface area (Å²) in [7, 11) is -5.05. The molecule has 0 atom stereocenters. The second kappa shape index (κ2) is 16.3. The quantitative estimate of drug-likeness (QED) is 0.206. The third kappa shape index (κ3) is 7.41. The standard InChI is InChI=1S/C38H72O3Si3/c1-39-43(35-25-13-5-14-26-35,36-27-15-6-16-28-36)41-44(37-29-17-7-18-30-37,38-31-19-8-20-32-38)40-42(2,33-21-9-3-10-22-33)34-23-11-4-12-24-34/h33-38H,3-32H2,1-2H3. The SMILES string of the molecule is CO[Si](O[Si](O[Si](C)(C1CCCCC1)C1CCCCC1)(C1CCCCC1)C1CCCCC1)(C1CCCCC1)C1CCCCC1. The Morgan fingerprint density at radius 2 is 0.568 bits per heavy atom. The Bertz CT molecular complexity index is 778. The summed E-state index contributed by atoms with van der Waals surface area (Å²) >= 11 is 0. The molecule has 6 saturated carbocycles. The molecule has 0 aromatic heterocycles. The molecule has 254 valence electrons. The van der Waals surface area contributed by atoms with Crippen molar-refractivity contribution < 1.29 is 12.7 Å². The van der Waals surface area contributed by atoms with Crippen molar-refractivity contribution in [2.24, 2.45) is 0 Å². The second-order valence-electron chi connectivity index (χ2n) is 17.0. The molecule has 0 bridgehead atoms. The van der Waals surface area contributed by atoms with Gasteiger partial charge < -0.3 is 12.7 Å². The van der Waals surface area contributed by atoms with Crippen molar-refractivity contribution in [3.63, 3.8) is 0 Å². The van der Waals surface area contributed by atoms with E-state index in [2.05, 4.69) is 13.7 Å². The van der Waals surface area contributed by atoms with Crippen molar-refractivity contribution in [1.29, 1.82) is 0 Å². The minimum Gasteiger partial charge on any atom is -0.435 e. The van der Waals surface area contributed by atoms with Gasteiger partial charge in [0.15, 0.2) is 8.32 Å². The Morgan fingerprint density at radius 1 is 0.318 bits per heavy atom. The zero-order valence-corrected chi connectivity index (χ0v) is 32.4. The van der Waals surface area contributed by atoms with Crippen LogP contribution in [0.15, 0.2) is 0 Å². The molecule has 6 rings (SSSR count). The van der Waals surface area contributed by atoms with Crippen molar-refractivity contribution >= 4 is 25.4 Å². The summed E-state index contributed by atoms with van der Waals surface area (Å²) < 4.78 is 24.7. The molecule has 6 aliphatic rings. The topological polar surface area (TPSA) is 27.7 Å². The van der Waals surface area contributed by atoms with Gasteiger partial charge in [-0.3, -0.25) is 0 Å². The van der Waals surface area contributed by atoms with Gasteiger partial charge in [-0.1, -0.05) is 141 Å². The van der Waals surface area contributed by atoms with E-state index in [0.29, 0.717) is 22.2 Å². The average Bonchev–Trinajstić information content (AvgIpc) is 3.12. The molecular formula is C38H72O3Si3. The molecule has 0 spiro atoms. The molecule has 0 unspecified atom stereocenters. The van der Waals surface area contributed by atoms with E-state index in [0.717, 1.165) is 11.1 Å². The Morgan fingerprint density at radius 3 is 0.841 bits per heavy atom. The molecule has 0 heterocycles. The molecule has 6 fully saturated rings. The lowest BCUT2D eigenvalue weighted by Crippen LogP contribution is -2.68. The fourth-order valence-corrected chi connectivity index (χ4v) is 33.6.